The molecule has 1 aromatic carbocycles. The summed E-state index contributed by atoms with van der Waals surface area (Å²) in [6, 6.07) is 5.36. The third kappa shape index (κ3) is 3.89. The number of rotatable bonds is 3. The van der Waals surface area contributed by atoms with Crippen LogP contribution in [-0.2, 0) is 6.42 Å². The van der Waals surface area contributed by atoms with Gasteiger partial charge in [-0.2, -0.15) is 5.10 Å². The van der Waals surface area contributed by atoms with Crippen LogP contribution in [0.5, 0.6) is 0 Å². The molecular formula is C20H24ClN5O2. The number of nitrogens with two attached hydrogens (primary N) is 2. The number of halogens is 1. The second-order valence-electron chi connectivity index (χ2n) is 7.81. The Balaban J connectivity index is 2.01. The summed E-state index contributed by atoms with van der Waals surface area (Å²) >= 11 is 6.14. The summed E-state index contributed by atoms with van der Waals surface area (Å²) in [5.41, 5.74) is 14.4. The van der Waals surface area contributed by atoms with Crippen molar-refractivity contribution < 1.29 is 9.21 Å². The van der Waals surface area contributed by atoms with Crippen LogP contribution in [-0.4, -0.2) is 17.6 Å². The molecular weight excluding hydrogens is 378 g/mol. The minimum absolute atomic E-state index is 0.0910. The second kappa shape index (κ2) is 7.31. The van der Waals surface area contributed by atoms with Gasteiger partial charge in [-0.3, -0.25) is 4.79 Å². The number of hydrogen-bond acceptors (Lipinski definition) is 4. The van der Waals surface area contributed by atoms with Gasteiger partial charge in [0, 0.05) is 28.3 Å². The fourth-order valence-electron chi connectivity index (χ4n) is 3.46. The highest BCUT2D eigenvalue weighted by Gasteiger charge is 2.36. The molecule has 0 radical (unpaired) electrons. The average Bonchev–Trinajstić information content (AvgIpc) is 2.92. The maximum Gasteiger partial charge on any atom is 0.291 e. The molecule has 1 aliphatic rings. The van der Waals surface area contributed by atoms with Gasteiger partial charge in [0.25, 0.3) is 5.91 Å². The summed E-state index contributed by atoms with van der Waals surface area (Å²) in [6.07, 6.45) is 1.36. The number of carbonyl (C=O) groups is 1. The molecule has 148 valence electrons. The Hall–Kier alpha value is -2.80. The molecule has 0 spiro atoms. The first-order valence-corrected chi connectivity index (χ1v) is 9.31. The van der Waals surface area contributed by atoms with Gasteiger partial charge in [0.1, 0.15) is 5.76 Å². The van der Waals surface area contributed by atoms with Gasteiger partial charge in [-0.15, -0.1) is 5.10 Å². The molecule has 0 bridgehead atoms. The third-order valence-corrected chi connectivity index (χ3v) is 5.21. The van der Waals surface area contributed by atoms with Crippen molar-refractivity contribution in [1.82, 2.24) is 0 Å². The Kier molecular flexibility index (Phi) is 5.21. The van der Waals surface area contributed by atoms with Gasteiger partial charge >= 0.3 is 0 Å². The number of nitrogens with one attached hydrogen (secondary N) is 1. The Morgan fingerprint density at radius 1 is 1.21 bits per heavy atom. The lowest BCUT2D eigenvalue weighted by molar-refractivity contribution is 0.0992. The molecule has 0 fully saturated rings. The van der Waals surface area contributed by atoms with Crippen LogP contribution in [0.4, 0.5) is 5.69 Å². The zero-order chi connectivity index (χ0) is 20.6. The molecule has 5 N–H and O–H groups in total. The van der Waals surface area contributed by atoms with Gasteiger partial charge in [-0.1, -0.05) is 31.5 Å². The van der Waals surface area contributed by atoms with E-state index in [2.05, 4.69) is 29.4 Å². The van der Waals surface area contributed by atoms with Gasteiger partial charge in [-0.05, 0) is 43.4 Å². The van der Waals surface area contributed by atoms with E-state index in [9.17, 15) is 4.79 Å². The lowest BCUT2D eigenvalue weighted by Crippen LogP contribution is -2.27. The molecule has 1 amide bonds. The first kappa shape index (κ1) is 19.9. The molecule has 0 saturated carbocycles. The van der Waals surface area contributed by atoms with E-state index in [4.69, 9.17) is 27.5 Å². The summed E-state index contributed by atoms with van der Waals surface area (Å²) < 4.78 is 5.98. The Labute approximate surface area is 168 Å². The summed E-state index contributed by atoms with van der Waals surface area (Å²) in [5.74, 6) is 0.509. The van der Waals surface area contributed by atoms with E-state index in [1.54, 1.807) is 18.2 Å². The van der Waals surface area contributed by atoms with Crippen molar-refractivity contribution in [2.75, 3.05) is 5.32 Å². The van der Waals surface area contributed by atoms with Crippen LogP contribution < -0.4 is 16.8 Å². The highest BCUT2D eigenvalue weighted by Crippen LogP contribution is 2.39. The first-order valence-electron chi connectivity index (χ1n) is 8.93. The van der Waals surface area contributed by atoms with Crippen LogP contribution in [0.1, 0.15) is 53.3 Å². The van der Waals surface area contributed by atoms with E-state index in [-0.39, 0.29) is 23.0 Å². The molecule has 0 aliphatic heterocycles. The fourth-order valence-corrected chi connectivity index (χ4v) is 3.63. The van der Waals surface area contributed by atoms with Crippen LogP contribution >= 0.6 is 11.6 Å². The van der Waals surface area contributed by atoms with Crippen molar-refractivity contribution >= 4 is 34.9 Å². The number of hydrogen-bond donors (Lipinski definition) is 3. The standard InChI is InChI=1S/C20H24ClN5O2/c1-10-12(21)6-5-7-13(10)24-18(27)17-11(2)16-14(25-26-19(22)23)8-20(3,4)9-15(16)28-17/h5-7H,8-9H2,1-4H3,(H,24,27)(H4,22,23,26)/b25-14-. The minimum Gasteiger partial charge on any atom is -0.455 e. The topological polar surface area (TPSA) is 119 Å². The Morgan fingerprint density at radius 3 is 2.61 bits per heavy atom. The number of furan rings is 1. The average molecular weight is 402 g/mol. The maximum absolute atomic E-state index is 12.9. The van der Waals surface area contributed by atoms with E-state index in [0.717, 1.165) is 11.1 Å². The number of benzene rings is 1. The lowest BCUT2D eigenvalue weighted by atomic mass is 9.75. The van der Waals surface area contributed by atoms with Crippen LogP contribution in [0, 0.1) is 19.3 Å². The number of amides is 1. The summed E-state index contributed by atoms with van der Waals surface area (Å²) in [6.45, 7) is 7.90. The molecule has 1 aromatic heterocycles. The second-order valence-corrected chi connectivity index (χ2v) is 8.22. The van der Waals surface area contributed by atoms with E-state index < -0.39 is 0 Å². The van der Waals surface area contributed by atoms with E-state index >= 15 is 0 Å². The number of nitrogens with zero attached hydrogens (tertiary/aromatic N) is 2. The molecule has 1 aliphatic carbocycles. The molecule has 2 aromatic rings. The van der Waals surface area contributed by atoms with Crippen molar-refractivity contribution in [1.29, 1.82) is 0 Å². The van der Waals surface area contributed by atoms with E-state index in [1.165, 1.54) is 0 Å². The fraction of sp³-hybridized carbons (Fsp3) is 0.350. The number of anilines is 1. The normalized spacial score (nSPS) is 16.5. The van der Waals surface area contributed by atoms with Crippen LogP contribution in [0.15, 0.2) is 32.8 Å². The highest BCUT2D eigenvalue weighted by molar-refractivity contribution is 6.31. The van der Waals surface area contributed by atoms with E-state index in [1.807, 2.05) is 13.8 Å². The summed E-state index contributed by atoms with van der Waals surface area (Å²) in [7, 11) is 0. The highest BCUT2D eigenvalue weighted by atomic mass is 35.5. The summed E-state index contributed by atoms with van der Waals surface area (Å²) in [4.78, 5) is 12.9. The quantitative estimate of drug-likeness (QED) is 0.412. The van der Waals surface area contributed by atoms with Crippen molar-refractivity contribution in [3.8, 4) is 0 Å². The van der Waals surface area contributed by atoms with Gasteiger partial charge in [0.05, 0.1) is 5.71 Å². The smallest absolute Gasteiger partial charge is 0.291 e. The molecule has 0 atom stereocenters. The summed E-state index contributed by atoms with van der Waals surface area (Å²) in [5, 5.41) is 11.5. The number of guanidine groups is 1. The van der Waals surface area contributed by atoms with Crippen molar-refractivity contribution in [2.45, 2.75) is 40.5 Å². The molecule has 7 nitrogen and oxygen atoms in total. The zero-order valence-corrected chi connectivity index (χ0v) is 17.1. The molecule has 28 heavy (non-hydrogen) atoms. The zero-order valence-electron chi connectivity index (χ0n) is 16.4. The van der Waals surface area contributed by atoms with Crippen molar-refractivity contribution in [3.05, 3.63) is 51.4 Å². The molecule has 8 heteroatoms. The van der Waals surface area contributed by atoms with E-state index in [0.29, 0.717) is 40.6 Å². The first-order chi connectivity index (χ1) is 13.1. The van der Waals surface area contributed by atoms with Crippen LogP contribution in [0.2, 0.25) is 5.02 Å². The third-order valence-electron chi connectivity index (χ3n) is 4.80. The molecule has 3 rings (SSSR count). The largest absolute Gasteiger partial charge is 0.455 e. The van der Waals surface area contributed by atoms with Gasteiger partial charge in [0.15, 0.2) is 5.76 Å². The van der Waals surface area contributed by atoms with Crippen LogP contribution in [0.25, 0.3) is 0 Å². The minimum atomic E-state index is -0.337. The monoisotopic (exact) mass is 401 g/mol. The maximum atomic E-state index is 12.9. The molecule has 0 unspecified atom stereocenters. The number of carbonyl (C=O) groups excluding carboxylic acids is 1. The SMILES string of the molecule is Cc1c(Cl)cccc1NC(=O)c1oc2c(c1C)/C(=N\N=C(N)N)CC(C)(C)C2. The van der Waals surface area contributed by atoms with Crippen LogP contribution in [0.3, 0.4) is 0 Å². The number of fused-ring (bicyclic) bond motifs is 1. The van der Waals surface area contributed by atoms with Gasteiger partial charge < -0.3 is 21.2 Å². The molecule has 1 heterocycles. The predicted molar refractivity (Wildman–Crippen MR) is 112 cm³/mol. The van der Waals surface area contributed by atoms with Crippen molar-refractivity contribution in [2.24, 2.45) is 27.1 Å². The lowest BCUT2D eigenvalue weighted by Gasteiger charge is -2.29. The Morgan fingerprint density at radius 2 is 1.93 bits per heavy atom. The van der Waals surface area contributed by atoms with Gasteiger partial charge in [-0.25, -0.2) is 0 Å². The van der Waals surface area contributed by atoms with Crippen molar-refractivity contribution in [3.63, 3.8) is 0 Å². The van der Waals surface area contributed by atoms with Gasteiger partial charge in [0.2, 0.25) is 5.96 Å². The molecule has 0 saturated heterocycles. The Bertz CT molecular complexity index is 1000. The predicted octanol–water partition coefficient (Wildman–Crippen LogP) is 3.75.